The minimum Gasteiger partial charge on any atom is -0.496 e. The molecule has 0 aliphatic heterocycles. The molecule has 1 aromatic heterocycles. The summed E-state index contributed by atoms with van der Waals surface area (Å²) in [7, 11) is -2.05. The number of nitrogens with zero attached hydrogens (tertiary/aromatic N) is 2. The molecule has 0 radical (unpaired) electrons. The molecule has 0 aliphatic rings. The van der Waals surface area contributed by atoms with Crippen molar-refractivity contribution in [3.05, 3.63) is 54.1 Å². The molecule has 0 unspecified atom stereocenters. The average Bonchev–Trinajstić information content (AvgIpc) is 3.09. The summed E-state index contributed by atoms with van der Waals surface area (Å²) < 4.78 is 34.3. The van der Waals surface area contributed by atoms with Crippen molar-refractivity contribution in [2.45, 2.75) is 4.90 Å². The van der Waals surface area contributed by atoms with Gasteiger partial charge in [0, 0.05) is 6.26 Å². The van der Waals surface area contributed by atoms with Gasteiger partial charge in [0.1, 0.15) is 5.75 Å². The number of rotatable bonds is 5. The number of carbonyl (C=O) groups is 1. The molecule has 0 spiro atoms. The van der Waals surface area contributed by atoms with Gasteiger partial charge in [0.15, 0.2) is 9.84 Å². The Morgan fingerprint density at radius 1 is 1.08 bits per heavy atom. The fraction of sp³-hybridized carbons (Fsp3) is 0.118. The highest BCUT2D eigenvalue weighted by molar-refractivity contribution is 7.90. The molecule has 1 N–H and O–H groups in total. The zero-order valence-corrected chi connectivity index (χ0v) is 14.8. The van der Waals surface area contributed by atoms with Crippen LogP contribution >= 0.6 is 0 Å². The molecule has 26 heavy (non-hydrogen) atoms. The van der Waals surface area contributed by atoms with Crippen molar-refractivity contribution in [3.63, 3.8) is 0 Å². The average molecular weight is 373 g/mol. The van der Waals surface area contributed by atoms with Gasteiger partial charge < -0.3 is 9.15 Å². The molecule has 3 aromatic rings. The summed E-state index contributed by atoms with van der Waals surface area (Å²) in [5, 5.41) is 10.1. The van der Waals surface area contributed by atoms with Crippen molar-refractivity contribution >= 4 is 21.8 Å². The van der Waals surface area contributed by atoms with Crippen LogP contribution in [0.2, 0.25) is 0 Å². The minimum absolute atomic E-state index is 0.00737. The van der Waals surface area contributed by atoms with E-state index in [2.05, 4.69) is 15.5 Å². The maximum Gasteiger partial charge on any atom is 0.322 e. The number of benzene rings is 2. The van der Waals surface area contributed by atoms with Gasteiger partial charge in [0.25, 0.3) is 11.8 Å². The Kier molecular flexibility index (Phi) is 4.72. The van der Waals surface area contributed by atoms with E-state index in [1.807, 2.05) is 0 Å². The van der Waals surface area contributed by atoms with Gasteiger partial charge in [-0.3, -0.25) is 10.1 Å². The first kappa shape index (κ1) is 17.6. The Balaban J connectivity index is 1.88. The Morgan fingerprint density at radius 2 is 1.77 bits per heavy atom. The van der Waals surface area contributed by atoms with Gasteiger partial charge in [-0.05, 0) is 24.3 Å². The van der Waals surface area contributed by atoms with Gasteiger partial charge in [-0.2, -0.15) is 0 Å². The first-order valence-electron chi connectivity index (χ1n) is 7.47. The van der Waals surface area contributed by atoms with Crippen molar-refractivity contribution in [3.8, 4) is 17.2 Å². The fourth-order valence-corrected chi connectivity index (χ4v) is 3.23. The molecule has 3 rings (SSSR count). The van der Waals surface area contributed by atoms with Crippen LogP contribution < -0.4 is 10.1 Å². The Hall–Kier alpha value is -3.20. The van der Waals surface area contributed by atoms with Crippen molar-refractivity contribution in [1.29, 1.82) is 0 Å². The van der Waals surface area contributed by atoms with Gasteiger partial charge in [-0.15, -0.1) is 5.10 Å². The number of anilines is 1. The third-order valence-electron chi connectivity index (χ3n) is 3.51. The highest BCUT2D eigenvalue weighted by Crippen LogP contribution is 2.29. The lowest BCUT2D eigenvalue weighted by Gasteiger charge is -2.06. The van der Waals surface area contributed by atoms with Gasteiger partial charge in [0.05, 0.1) is 23.1 Å². The maximum atomic E-state index is 12.4. The van der Waals surface area contributed by atoms with Crippen molar-refractivity contribution < 1.29 is 22.4 Å². The smallest absolute Gasteiger partial charge is 0.322 e. The molecule has 0 saturated carbocycles. The van der Waals surface area contributed by atoms with Crippen LogP contribution in [0.5, 0.6) is 5.75 Å². The molecule has 1 heterocycles. The Morgan fingerprint density at radius 3 is 2.50 bits per heavy atom. The van der Waals surface area contributed by atoms with Crippen molar-refractivity contribution in [2.75, 3.05) is 18.7 Å². The van der Waals surface area contributed by atoms with E-state index in [0.29, 0.717) is 11.3 Å². The first-order valence-corrected chi connectivity index (χ1v) is 9.36. The molecule has 1 amide bonds. The van der Waals surface area contributed by atoms with Gasteiger partial charge >= 0.3 is 6.01 Å². The van der Waals surface area contributed by atoms with Crippen LogP contribution in [0.4, 0.5) is 6.01 Å². The second-order valence-electron chi connectivity index (χ2n) is 5.34. The van der Waals surface area contributed by atoms with E-state index >= 15 is 0 Å². The van der Waals surface area contributed by atoms with Crippen LogP contribution in [0.1, 0.15) is 10.4 Å². The largest absolute Gasteiger partial charge is 0.496 e. The standard InChI is InChI=1S/C17H15N3O5S/c1-24-13-9-5-3-7-11(13)16-19-20-17(25-16)18-15(21)12-8-4-6-10-14(12)26(2,22)23/h3-10H,1-2H3,(H,18,20,21). The predicted molar refractivity (Wildman–Crippen MR) is 93.8 cm³/mol. The highest BCUT2D eigenvalue weighted by atomic mass is 32.2. The van der Waals surface area contributed by atoms with Gasteiger partial charge in [-0.1, -0.05) is 29.4 Å². The van der Waals surface area contributed by atoms with Crippen LogP contribution in [-0.2, 0) is 9.84 Å². The summed E-state index contributed by atoms with van der Waals surface area (Å²) in [6.45, 7) is 0. The first-order chi connectivity index (χ1) is 12.4. The molecule has 0 bridgehead atoms. The third kappa shape index (κ3) is 3.57. The molecule has 9 heteroatoms. The van der Waals surface area contributed by atoms with E-state index < -0.39 is 15.7 Å². The topological polar surface area (TPSA) is 111 Å². The lowest BCUT2D eigenvalue weighted by molar-refractivity contribution is 0.102. The highest BCUT2D eigenvalue weighted by Gasteiger charge is 2.20. The van der Waals surface area contributed by atoms with E-state index in [1.165, 1.54) is 19.2 Å². The molecular formula is C17H15N3O5S. The number of aromatic nitrogens is 2. The van der Waals surface area contributed by atoms with Crippen LogP contribution in [0.15, 0.2) is 57.8 Å². The number of sulfone groups is 1. The number of nitrogens with one attached hydrogen (secondary N) is 1. The van der Waals surface area contributed by atoms with Crippen LogP contribution in [0.25, 0.3) is 11.5 Å². The third-order valence-corrected chi connectivity index (χ3v) is 4.67. The summed E-state index contributed by atoms with van der Waals surface area (Å²) in [4.78, 5) is 12.3. The minimum atomic E-state index is -3.56. The number of carbonyl (C=O) groups excluding carboxylic acids is 1. The number of para-hydroxylation sites is 1. The molecule has 0 atom stereocenters. The van der Waals surface area contributed by atoms with Crippen LogP contribution in [0.3, 0.4) is 0 Å². The maximum absolute atomic E-state index is 12.4. The zero-order valence-electron chi connectivity index (χ0n) is 14.0. The molecule has 8 nitrogen and oxygen atoms in total. The lowest BCUT2D eigenvalue weighted by Crippen LogP contribution is -2.16. The second kappa shape index (κ2) is 6.96. The molecule has 0 aliphatic carbocycles. The van der Waals surface area contributed by atoms with Crippen molar-refractivity contribution in [2.24, 2.45) is 0 Å². The molecule has 0 saturated heterocycles. The molecule has 134 valence electrons. The SMILES string of the molecule is COc1ccccc1-c1nnc(NC(=O)c2ccccc2S(C)(=O)=O)o1. The van der Waals surface area contributed by atoms with E-state index in [4.69, 9.17) is 9.15 Å². The predicted octanol–water partition coefficient (Wildman–Crippen LogP) is 2.40. The normalized spacial score (nSPS) is 11.2. The second-order valence-corrected chi connectivity index (χ2v) is 7.32. The summed E-state index contributed by atoms with van der Waals surface area (Å²) in [6.07, 6.45) is 1.03. The number of hydrogen-bond donors (Lipinski definition) is 1. The number of hydrogen-bond acceptors (Lipinski definition) is 7. The quantitative estimate of drug-likeness (QED) is 0.731. The Bertz CT molecular complexity index is 1060. The van der Waals surface area contributed by atoms with E-state index in [-0.39, 0.29) is 22.4 Å². The fourth-order valence-electron chi connectivity index (χ4n) is 2.35. The van der Waals surface area contributed by atoms with E-state index in [1.54, 1.807) is 36.4 Å². The summed E-state index contributed by atoms with van der Waals surface area (Å²) in [6, 6.07) is 12.8. The molecule has 0 fully saturated rings. The summed E-state index contributed by atoms with van der Waals surface area (Å²) in [5.74, 6) is 0.0341. The van der Waals surface area contributed by atoms with Gasteiger partial charge in [0.2, 0.25) is 0 Å². The van der Waals surface area contributed by atoms with Gasteiger partial charge in [-0.25, -0.2) is 8.42 Å². The zero-order chi connectivity index (χ0) is 18.7. The number of amides is 1. The van der Waals surface area contributed by atoms with Crippen LogP contribution in [-0.4, -0.2) is 37.9 Å². The van der Waals surface area contributed by atoms with E-state index in [9.17, 15) is 13.2 Å². The monoisotopic (exact) mass is 373 g/mol. The molecule has 2 aromatic carbocycles. The number of methoxy groups -OCH3 is 1. The Labute approximate surface area is 149 Å². The molecular weight excluding hydrogens is 358 g/mol. The number of ether oxygens (including phenoxy) is 1. The van der Waals surface area contributed by atoms with E-state index in [0.717, 1.165) is 6.26 Å². The summed E-state index contributed by atoms with van der Waals surface area (Å²) in [5.41, 5.74) is 0.562. The van der Waals surface area contributed by atoms with Crippen LogP contribution in [0, 0.1) is 0 Å². The lowest BCUT2D eigenvalue weighted by atomic mass is 10.2. The summed E-state index contributed by atoms with van der Waals surface area (Å²) >= 11 is 0. The van der Waals surface area contributed by atoms with Crippen molar-refractivity contribution in [1.82, 2.24) is 10.2 Å².